The smallest absolute Gasteiger partial charge is 0.328 e. The zero-order valence-corrected chi connectivity index (χ0v) is 24.4. The molecule has 0 unspecified atom stereocenters. The Balaban J connectivity index is 1.56. The summed E-state index contributed by atoms with van der Waals surface area (Å²) in [5.41, 5.74) is 7.70. The lowest BCUT2D eigenvalue weighted by atomic mass is 10.0. The molecule has 3 amide bonds. The summed E-state index contributed by atoms with van der Waals surface area (Å²) in [7, 11) is 1.27. The quantitative estimate of drug-likeness (QED) is 0.208. The minimum absolute atomic E-state index is 0.128. The molecule has 0 aromatic heterocycles. The first-order valence-electron chi connectivity index (χ1n) is 14.2. The lowest BCUT2D eigenvalue weighted by Crippen LogP contribution is -2.54. The molecule has 11 heteroatoms. The van der Waals surface area contributed by atoms with E-state index < -0.39 is 42.0 Å². The third-order valence-electron chi connectivity index (χ3n) is 7.06. The van der Waals surface area contributed by atoms with Gasteiger partial charge in [-0.2, -0.15) is 0 Å². The van der Waals surface area contributed by atoms with E-state index >= 15 is 0 Å². The maximum atomic E-state index is 13.3. The topological polar surface area (TPSA) is 169 Å². The van der Waals surface area contributed by atoms with Crippen LogP contribution in [0.15, 0.2) is 54.6 Å². The number of rotatable bonds is 14. The average molecular weight is 583 g/mol. The second kappa shape index (κ2) is 15.9. The van der Waals surface area contributed by atoms with Crippen LogP contribution in [0, 0.1) is 5.92 Å². The molecule has 1 aliphatic heterocycles. The predicted molar refractivity (Wildman–Crippen MR) is 156 cm³/mol. The fourth-order valence-electron chi connectivity index (χ4n) is 4.80. The van der Waals surface area contributed by atoms with Gasteiger partial charge in [0.05, 0.1) is 19.3 Å². The van der Waals surface area contributed by atoms with Crippen molar-refractivity contribution >= 4 is 23.7 Å². The van der Waals surface area contributed by atoms with Crippen LogP contribution in [0.1, 0.15) is 44.2 Å². The van der Waals surface area contributed by atoms with E-state index in [4.69, 9.17) is 15.2 Å². The van der Waals surface area contributed by atoms with Crippen LogP contribution in [0.5, 0.6) is 5.75 Å². The van der Waals surface area contributed by atoms with E-state index in [-0.39, 0.29) is 36.6 Å². The van der Waals surface area contributed by atoms with Gasteiger partial charge in [0, 0.05) is 13.0 Å². The molecule has 0 radical (unpaired) electrons. The van der Waals surface area contributed by atoms with Gasteiger partial charge in [0.15, 0.2) is 0 Å². The summed E-state index contributed by atoms with van der Waals surface area (Å²) >= 11 is 0. The minimum Gasteiger partial charge on any atom is -0.508 e. The van der Waals surface area contributed by atoms with Gasteiger partial charge in [-0.3, -0.25) is 14.4 Å². The lowest BCUT2D eigenvalue weighted by molar-refractivity contribution is -0.146. The lowest BCUT2D eigenvalue weighted by Gasteiger charge is -2.24. The molecule has 11 nitrogen and oxygen atoms in total. The molecule has 0 aliphatic carbocycles. The number of hydrogen-bond donors (Lipinski definition) is 5. The molecule has 1 saturated heterocycles. The molecular formula is C31H42N4O7. The number of aromatic hydroxyl groups is 1. The summed E-state index contributed by atoms with van der Waals surface area (Å²) in [6.07, 6.45) is 0.698. The highest BCUT2D eigenvalue weighted by atomic mass is 16.5. The number of phenolic OH excluding ortho intramolecular Hbond substituents is 1. The van der Waals surface area contributed by atoms with Crippen molar-refractivity contribution in [3.05, 3.63) is 65.7 Å². The van der Waals surface area contributed by atoms with E-state index in [1.807, 2.05) is 44.2 Å². The van der Waals surface area contributed by atoms with Crippen LogP contribution in [0.3, 0.4) is 0 Å². The summed E-state index contributed by atoms with van der Waals surface area (Å²) in [6, 6.07) is 13.2. The number of amides is 3. The van der Waals surface area contributed by atoms with Crippen molar-refractivity contribution in [1.82, 2.24) is 16.0 Å². The predicted octanol–water partition coefficient (Wildman–Crippen LogP) is 1.36. The first-order chi connectivity index (χ1) is 20.0. The molecule has 0 spiro atoms. The first kappa shape index (κ1) is 32.6. The van der Waals surface area contributed by atoms with Gasteiger partial charge in [0.1, 0.15) is 23.9 Å². The van der Waals surface area contributed by atoms with Gasteiger partial charge in [-0.05, 0) is 54.9 Å². The van der Waals surface area contributed by atoms with Crippen LogP contribution < -0.4 is 21.7 Å². The first-order valence-corrected chi connectivity index (χ1v) is 14.2. The summed E-state index contributed by atoms with van der Waals surface area (Å²) in [6.45, 7) is 4.06. The number of carbonyl (C=O) groups excluding carboxylic acids is 4. The van der Waals surface area contributed by atoms with E-state index in [2.05, 4.69) is 16.0 Å². The number of carbonyl (C=O) groups is 4. The SMILES string of the molecule is COC(=O)[C@H](CC(C)C)NC(=O)[C@H](Cc1ccccc1)NC(=O)[C@H]1CC[C@@H](CNC(=O)[C@@H](N)Cc2ccc(O)cc2)O1. The van der Waals surface area contributed by atoms with Crippen molar-refractivity contribution in [2.75, 3.05) is 13.7 Å². The van der Waals surface area contributed by atoms with Crippen molar-refractivity contribution < 1.29 is 33.8 Å². The van der Waals surface area contributed by atoms with E-state index in [0.29, 0.717) is 25.7 Å². The van der Waals surface area contributed by atoms with Gasteiger partial charge in [0.2, 0.25) is 17.7 Å². The molecule has 42 heavy (non-hydrogen) atoms. The Morgan fingerprint density at radius 3 is 2.24 bits per heavy atom. The number of phenols is 1. The van der Waals surface area contributed by atoms with Crippen LogP contribution in [-0.4, -0.2) is 72.8 Å². The number of ether oxygens (including phenoxy) is 2. The number of hydrogen-bond acceptors (Lipinski definition) is 8. The average Bonchev–Trinajstić information content (AvgIpc) is 3.45. The highest BCUT2D eigenvalue weighted by Gasteiger charge is 2.34. The normalized spacial score (nSPS) is 18.5. The molecule has 228 valence electrons. The van der Waals surface area contributed by atoms with Crippen LogP contribution in [-0.2, 0) is 41.5 Å². The molecule has 2 aromatic rings. The monoisotopic (exact) mass is 582 g/mol. The molecule has 3 rings (SSSR count). The van der Waals surface area contributed by atoms with Crippen molar-refractivity contribution in [2.45, 2.75) is 76.3 Å². The summed E-state index contributed by atoms with van der Waals surface area (Å²) in [5.74, 6) is -1.56. The zero-order chi connectivity index (χ0) is 30.6. The van der Waals surface area contributed by atoms with Crippen molar-refractivity contribution in [1.29, 1.82) is 0 Å². The number of benzene rings is 2. The maximum absolute atomic E-state index is 13.3. The third-order valence-corrected chi connectivity index (χ3v) is 7.06. The second-order valence-electron chi connectivity index (χ2n) is 11.0. The fourth-order valence-corrected chi connectivity index (χ4v) is 4.80. The number of nitrogens with one attached hydrogen (secondary N) is 3. The van der Waals surface area contributed by atoms with Crippen molar-refractivity contribution in [2.24, 2.45) is 11.7 Å². The van der Waals surface area contributed by atoms with Gasteiger partial charge in [0.25, 0.3) is 0 Å². The Morgan fingerprint density at radius 1 is 0.929 bits per heavy atom. The molecule has 5 atom stereocenters. The summed E-state index contributed by atoms with van der Waals surface area (Å²) in [5, 5.41) is 17.7. The summed E-state index contributed by atoms with van der Waals surface area (Å²) < 4.78 is 10.8. The van der Waals surface area contributed by atoms with E-state index in [1.54, 1.807) is 12.1 Å². The van der Waals surface area contributed by atoms with Crippen molar-refractivity contribution in [3.8, 4) is 5.75 Å². The molecule has 1 aliphatic rings. The Hall–Kier alpha value is -3.96. The number of nitrogens with two attached hydrogens (primary N) is 1. The van der Waals surface area contributed by atoms with Crippen LogP contribution >= 0.6 is 0 Å². The third kappa shape index (κ3) is 10.1. The largest absolute Gasteiger partial charge is 0.508 e. The van der Waals surface area contributed by atoms with Gasteiger partial charge in [-0.15, -0.1) is 0 Å². The molecular weight excluding hydrogens is 540 g/mol. The van der Waals surface area contributed by atoms with E-state index in [1.165, 1.54) is 19.2 Å². The Bertz CT molecular complexity index is 1190. The molecule has 0 saturated carbocycles. The van der Waals surface area contributed by atoms with Gasteiger partial charge in [-0.25, -0.2) is 4.79 Å². The van der Waals surface area contributed by atoms with Gasteiger partial charge >= 0.3 is 5.97 Å². The number of esters is 1. The van der Waals surface area contributed by atoms with E-state index in [9.17, 15) is 24.3 Å². The van der Waals surface area contributed by atoms with Crippen LogP contribution in [0.2, 0.25) is 0 Å². The second-order valence-corrected chi connectivity index (χ2v) is 11.0. The molecule has 1 fully saturated rings. The standard InChI is InChI=1S/C31H42N4O7/c1-19(2)15-26(31(40)41-3)35-29(38)25(17-20-7-5-4-6-8-20)34-30(39)27-14-13-23(42-27)18-33-28(37)24(32)16-21-9-11-22(36)12-10-21/h4-12,19,23-27,36H,13-18,32H2,1-3H3,(H,33,37)(H,34,39)(H,35,38)/t23-,24-,25-,26-,27+/m0/s1. The Labute approximate surface area is 246 Å². The van der Waals surface area contributed by atoms with Gasteiger partial charge in [-0.1, -0.05) is 56.3 Å². The molecule has 6 N–H and O–H groups in total. The van der Waals surface area contributed by atoms with Crippen molar-refractivity contribution in [3.63, 3.8) is 0 Å². The molecule has 0 bridgehead atoms. The number of methoxy groups -OCH3 is 1. The Morgan fingerprint density at radius 2 is 1.60 bits per heavy atom. The maximum Gasteiger partial charge on any atom is 0.328 e. The minimum atomic E-state index is -0.945. The van der Waals surface area contributed by atoms with Crippen LogP contribution in [0.4, 0.5) is 0 Å². The zero-order valence-electron chi connectivity index (χ0n) is 24.4. The molecule has 2 aromatic carbocycles. The summed E-state index contributed by atoms with van der Waals surface area (Å²) in [4.78, 5) is 51.3. The highest BCUT2D eigenvalue weighted by Crippen LogP contribution is 2.20. The van der Waals surface area contributed by atoms with Gasteiger partial charge < -0.3 is 36.3 Å². The Kier molecular flexibility index (Phi) is 12.3. The van der Waals surface area contributed by atoms with Crippen LogP contribution in [0.25, 0.3) is 0 Å². The molecule has 1 heterocycles. The fraction of sp³-hybridized carbons (Fsp3) is 0.484. The highest BCUT2D eigenvalue weighted by molar-refractivity contribution is 5.92. The van der Waals surface area contributed by atoms with E-state index in [0.717, 1.165) is 11.1 Å².